The van der Waals surface area contributed by atoms with Crippen LogP contribution in [0.5, 0.6) is 0 Å². The van der Waals surface area contributed by atoms with Crippen molar-refractivity contribution in [2.45, 2.75) is 64.5 Å². The lowest BCUT2D eigenvalue weighted by Gasteiger charge is -2.23. The summed E-state index contributed by atoms with van der Waals surface area (Å²) < 4.78 is 5.26. The Morgan fingerprint density at radius 2 is 0.979 bits per heavy atom. The van der Waals surface area contributed by atoms with Crippen molar-refractivity contribution in [3.05, 3.63) is 144 Å². The van der Waals surface area contributed by atoms with Gasteiger partial charge in [0.2, 0.25) is 0 Å². The zero-order valence-corrected chi connectivity index (χ0v) is 28.3. The Morgan fingerprint density at radius 1 is 0.604 bits per heavy atom. The van der Waals surface area contributed by atoms with Crippen molar-refractivity contribution < 1.29 is 28.8 Å². The van der Waals surface area contributed by atoms with E-state index in [0.29, 0.717) is 19.4 Å². The molecule has 256 valence electrons. The molecule has 0 saturated heterocycles. The SMILES string of the molecule is CC(C)(C)OC(=O)N[C@@H](Cc1ccccc1)C(=O)NOCc1ccccc1.Cl.N[C@@H](Cc1ccccc1)C(=O)NOCc1ccccc1. The standard InChI is InChI=1S/C21H26N2O4.C16H18N2O2.ClH/c1-21(2,3)27-20(25)22-18(14-16-10-6-4-7-11-16)19(24)23-26-15-17-12-8-5-9-13-17;17-15(11-13-7-3-1-4-8-13)16(19)18-20-12-14-9-5-2-6-10-14;/h4-13,18H,14-15H2,1-3H3,(H,22,25)(H,23,24);1-10,15H,11-12,17H2,(H,18,19);1H/t18-;15-;/m00./s1. The van der Waals surface area contributed by atoms with Crippen LogP contribution < -0.4 is 22.0 Å². The van der Waals surface area contributed by atoms with Crippen molar-refractivity contribution in [1.29, 1.82) is 0 Å². The summed E-state index contributed by atoms with van der Waals surface area (Å²) in [5.74, 6) is -0.759. The summed E-state index contributed by atoms with van der Waals surface area (Å²) >= 11 is 0. The maximum absolute atomic E-state index is 12.5. The Balaban J connectivity index is 0.000000340. The quantitative estimate of drug-likeness (QED) is 0.135. The highest BCUT2D eigenvalue weighted by atomic mass is 35.5. The Labute approximate surface area is 288 Å². The number of ether oxygens (including phenoxy) is 1. The minimum Gasteiger partial charge on any atom is -0.444 e. The predicted molar refractivity (Wildman–Crippen MR) is 187 cm³/mol. The van der Waals surface area contributed by atoms with E-state index in [-0.39, 0.29) is 24.9 Å². The molecule has 0 aliphatic heterocycles. The van der Waals surface area contributed by atoms with E-state index >= 15 is 0 Å². The maximum atomic E-state index is 12.5. The van der Waals surface area contributed by atoms with E-state index < -0.39 is 29.7 Å². The smallest absolute Gasteiger partial charge is 0.408 e. The molecule has 0 radical (unpaired) electrons. The van der Waals surface area contributed by atoms with Gasteiger partial charge >= 0.3 is 6.09 Å². The number of hydroxylamine groups is 2. The first-order chi connectivity index (χ1) is 22.6. The molecule has 0 saturated carbocycles. The molecule has 10 nitrogen and oxygen atoms in total. The molecule has 0 unspecified atom stereocenters. The van der Waals surface area contributed by atoms with E-state index in [0.717, 1.165) is 22.3 Å². The topological polar surface area (TPSA) is 141 Å². The first-order valence-corrected chi connectivity index (χ1v) is 15.3. The summed E-state index contributed by atoms with van der Waals surface area (Å²) in [7, 11) is 0. The Hall–Kier alpha value is -4.74. The molecular weight excluding hydrogens is 632 g/mol. The lowest BCUT2D eigenvalue weighted by molar-refractivity contribution is -0.137. The molecule has 48 heavy (non-hydrogen) atoms. The number of halogens is 1. The molecule has 0 bridgehead atoms. The fourth-order valence-electron chi connectivity index (χ4n) is 4.15. The van der Waals surface area contributed by atoms with Crippen LogP contribution in [0.15, 0.2) is 121 Å². The molecule has 11 heteroatoms. The molecular formula is C37H45ClN4O6. The first kappa shape index (κ1) is 39.4. The normalized spacial score (nSPS) is 11.8. The zero-order valence-electron chi connectivity index (χ0n) is 27.5. The maximum Gasteiger partial charge on any atom is 0.408 e. The lowest BCUT2D eigenvalue weighted by atomic mass is 10.1. The van der Waals surface area contributed by atoms with Gasteiger partial charge in [-0.1, -0.05) is 121 Å². The van der Waals surface area contributed by atoms with E-state index in [4.69, 9.17) is 20.1 Å². The fourth-order valence-corrected chi connectivity index (χ4v) is 4.15. The van der Waals surface area contributed by atoms with E-state index in [1.54, 1.807) is 20.8 Å². The molecule has 0 spiro atoms. The van der Waals surface area contributed by atoms with Gasteiger partial charge in [0.25, 0.3) is 11.8 Å². The zero-order chi connectivity index (χ0) is 33.9. The van der Waals surface area contributed by atoms with E-state index in [2.05, 4.69) is 16.3 Å². The predicted octanol–water partition coefficient (Wildman–Crippen LogP) is 5.60. The number of hydrogen-bond acceptors (Lipinski definition) is 7. The molecule has 4 aromatic carbocycles. The molecule has 4 rings (SSSR count). The number of benzene rings is 4. The molecule has 4 aromatic rings. The Kier molecular flexibility index (Phi) is 17.4. The van der Waals surface area contributed by atoms with Gasteiger partial charge in [0.1, 0.15) is 11.6 Å². The van der Waals surface area contributed by atoms with Crippen LogP contribution in [0.1, 0.15) is 43.0 Å². The molecule has 2 atom stereocenters. The molecule has 5 N–H and O–H groups in total. The third-order valence-electron chi connectivity index (χ3n) is 6.43. The van der Waals surface area contributed by atoms with Crippen molar-refractivity contribution in [2.24, 2.45) is 5.73 Å². The average Bonchev–Trinajstić information content (AvgIpc) is 3.06. The van der Waals surface area contributed by atoms with E-state index in [9.17, 15) is 14.4 Å². The second kappa shape index (κ2) is 21.2. The highest BCUT2D eigenvalue weighted by Gasteiger charge is 2.25. The summed E-state index contributed by atoms with van der Waals surface area (Å²) in [5, 5.41) is 2.62. The second-order valence-electron chi connectivity index (χ2n) is 11.7. The molecule has 3 amide bonds. The number of nitrogens with two attached hydrogens (primary N) is 1. The van der Waals surface area contributed by atoms with E-state index in [1.165, 1.54) is 0 Å². The fraction of sp³-hybridized carbons (Fsp3) is 0.270. The Bertz CT molecular complexity index is 1490. The van der Waals surface area contributed by atoms with Gasteiger partial charge in [-0.15, -0.1) is 12.4 Å². The summed E-state index contributed by atoms with van der Waals surface area (Å²) in [5.41, 5.74) is 13.8. The van der Waals surface area contributed by atoms with Gasteiger partial charge in [-0.25, -0.2) is 15.8 Å². The molecule has 0 heterocycles. The molecule has 0 fully saturated rings. The van der Waals surface area contributed by atoms with Crippen molar-refractivity contribution in [3.63, 3.8) is 0 Å². The number of nitrogens with one attached hydrogen (secondary N) is 3. The number of carbonyl (C=O) groups is 3. The van der Waals surface area contributed by atoms with Gasteiger partial charge in [-0.2, -0.15) is 0 Å². The molecule has 0 aliphatic rings. The van der Waals surface area contributed by atoms with Crippen LogP contribution in [0, 0.1) is 0 Å². The summed E-state index contributed by atoms with van der Waals surface area (Å²) in [4.78, 5) is 46.9. The highest BCUT2D eigenvalue weighted by molar-refractivity contribution is 5.85. The van der Waals surface area contributed by atoms with Gasteiger partial charge < -0.3 is 15.8 Å². The van der Waals surface area contributed by atoms with Crippen molar-refractivity contribution >= 4 is 30.3 Å². The van der Waals surface area contributed by atoms with Gasteiger partial charge in [0.05, 0.1) is 19.3 Å². The minimum atomic E-state index is -0.821. The summed E-state index contributed by atoms with van der Waals surface area (Å²) in [6.45, 7) is 5.85. The Morgan fingerprint density at radius 3 is 1.40 bits per heavy atom. The van der Waals surface area contributed by atoms with Gasteiger partial charge in [0.15, 0.2) is 0 Å². The minimum absolute atomic E-state index is 0. The second-order valence-corrected chi connectivity index (χ2v) is 11.7. The average molecular weight is 677 g/mol. The number of hydrogen-bond donors (Lipinski definition) is 4. The van der Waals surface area contributed by atoms with Crippen LogP contribution in [-0.2, 0) is 50.1 Å². The van der Waals surface area contributed by atoms with Crippen LogP contribution in [0.25, 0.3) is 0 Å². The van der Waals surface area contributed by atoms with Crippen LogP contribution in [0.4, 0.5) is 4.79 Å². The lowest BCUT2D eigenvalue weighted by Crippen LogP contribution is -2.49. The van der Waals surface area contributed by atoms with Crippen molar-refractivity contribution in [2.75, 3.05) is 0 Å². The number of alkyl carbamates (subject to hydrolysis) is 1. The molecule has 0 aliphatic carbocycles. The number of amides is 3. The van der Waals surface area contributed by atoms with Crippen LogP contribution in [-0.4, -0.2) is 35.6 Å². The van der Waals surface area contributed by atoms with Crippen LogP contribution >= 0.6 is 12.4 Å². The monoisotopic (exact) mass is 676 g/mol. The van der Waals surface area contributed by atoms with Gasteiger partial charge in [-0.05, 0) is 49.4 Å². The number of carbonyl (C=O) groups excluding carboxylic acids is 3. The largest absolute Gasteiger partial charge is 0.444 e. The third kappa shape index (κ3) is 16.2. The van der Waals surface area contributed by atoms with Crippen LogP contribution in [0.2, 0.25) is 0 Å². The van der Waals surface area contributed by atoms with Crippen molar-refractivity contribution in [1.82, 2.24) is 16.3 Å². The van der Waals surface area contributed by atoms with Crippen LogP contribution in [0.3, 0.4) is 0 Å². The summed E-state index contributed by atoms with van der Waals surface area (Å²) in [6.07, 6.45) is 0.156. The van der Waals surface area contributed by atoms with Crippen molar-refractivity contribution in [3.8, 4) is 0 Å². The first-order valence-electron chi connectivity index (χ1n) is 15.3. The number of rotatable bonds is 13. The highest BCUT2D eigenvalue weighted by Crippen LogP contribution is 2.09. The van der Waals surface area contributed by atoms with Gasteiger partial charge in [0, 0.05) is 6.42 Å². The summed E-state index contributed by atoms with van der Waals surface area (Å²) in [6, 6.07) is 36.7. The van der Waals surface area contributed by atoms with Gasteiger partial charge in [-0.3, -0.25) is 19.3 Å². The third-order valence-corrected chi connectivity index (χ3v) is 6.43. The molecule has 0 aromatic heterocycles. The van der Waals surface area contributed by atoms with E-state index in [1.807, 2.05) is 121 Å².